The van der Waals surface area contributed by atoms with Crippen molar-refractivity contribution in [2.75, 3.05) is 35.4 Å². The average molecular weight is 554 g/mol. The summed E-state index contributed by atoms with van der Waals surface area (Å²) in [6, 6.07) is 11.6. The minimum absolute atomic E-state index is 0.0462. The Hall–Kier alpha value is -2.73. The normalized spacial score (nSPS) is 21.3. The van der Waals surface area contributed by atoms with Gasteiger partial charge in [-0.1, -0.05) is 30.3 Å². The summed E-state index contributed by atoms with van der Waals surface area (Å²) in [5, 5.41) is 2.95. The molecule has 0 saturated carbocycles. The number of piperidine rings is 1. The molecule has 2 aromatic rings. The topological polar surface area (TPSA) is 104 Å². The first-order valence-electron chi connectivity index (χ1n) is 12.3. The van der Waals surface area contributed by atoms with E-state index in [1.54, 1.807) is 17.0 Å². The third-order valence-corrected chi connectivity index (χ3v) is 11.3. The number of amides is 2. The van der Waals surface area contributed by atoms with E-state index in [1.807, 2.05) is 12.1 Å². The van der Waals surface area contributed by atoms with Crippen molar-refractivity contribution in [3.05, 3.63) is 59.7 Å². The summed E-state index contributed by atoms with van der Waals surface area (Å²) in [6.45, 7) is 1.07. The fourth-order valence-corrected chi connectivity index (χ4v) is 8.64. The van der Waals surface area contributed by atoms with Crippen molar-refractivity contribution in [1.29, 1.82) is 0 Å². The van der Waals surface area contributed by atoms with Gasteiger partial charge in [-0.15, -0.1) is 0 Å². The third kappa shape index (κ3) is 4.93. The van der Waals surface area contributed by atoms with E-state index in [-0.39, 0.29) is 40.6 Å². The molecule has 0 unspecified atom stereocenters. The number of carbonyl (C=O) groups excluding carboxylic acids is 1. The number of sulfonamides is 1. The van der Waals surface area contributed by atoms with E-state index in [9.17, 15) is 30.4 Å². The maximum Gasteiger partial charge on any atom is 0.317 e. The van der Waals surface area contributed by atoms with Gasteiger partial charge >= 0.3 is 6.03 Å². The fourth-order valence-electron chi connectivity index (χ4n) is 5.58. The first-order chi connectivity index (χ1) is 17.5. The van der Waals surface area contributed by atoms with Crippen LogP contribution in [0.2, 0.25) is 0 Å². The Bertz CT molecular complexity index is 1380. The molecule has 3 aliphatic heterocycles. The molecule has 1 spiro atoms. The minimum atomic E-state index is -3.98. The van der Waals surface area contributed by atoms with E-state index in [0.29, 0.717) is 44.5 Å². The number of anilines is 1. The smallest absolute Gasteiger partial charge is 0.317 e. The van der Waals surface area contributed by atoms with Crippen LogP contribution >= 0.6 is 0 Å². The van der Waals surface area contributed by atoms with Crippen molar-refractivity contribution in [3.63, 3.8) is 0 Å². The lowest BCUT2D eigenvalue weighted by Gasteiger charge is -2.40. The summed E-state index contributed by atoms with van der Waals surface area (Å²) in [7, 11) is -7.00. The Kier molecular flexibility index (Phi) is 6.68. The van der Waals surface area contributed by atoms with Crippen LogP contribution in [0.3, 0.4) is 0 Å². The second-order valence-corrected chi connectivity index (χ2v) is 14.2. The summed E-state index contributed by atoms with van der Waals surface area (Å²) in [5.74, 6) is 0.153. The van der Waals surface area contributed by atoms with E-state index in [4.69, 9.17) is 0 Å². The molecule has 3 aliphatic rings. The molecule has 0 radical (unpaired) electrons. The zero-order valence-corrected chi connectivity index (χ0v) is 21.8. The highest BCUT2D eigenvalue weighted by atomic mass is 32.2. The standard InChI is InChI=1S/C25H29F2N3O5S2/c26-23(27)18-5-7-20(8-6-18)37(34,35)30-17-25(21-3-1-2-4-22(21)30)11-13-29(14-12-25)24(31)28-19-9-15-36(32,33)16-10-19/h1-8,19,23H,9-17H2,(H,28,31). The van der Waals surface area contributed by atoms with Gasteiger partial charge in [-0.3, -0.25) is 4.31 Å². The maximum absolute atomic E-state index is 13.6. The number of hydrogen-bond donors (Lipinski definition) is 1. The highest BCUT2D eigenvalue weighted by Crippen LogP contribution is 2.48. The number of likely N-dealkylation sites (tertiary alicyclic amines) is 1. The van der Waals surface area contributed by atoms with Crippen LogP contribution in [0, 0.1) is 0 Å². The summed E-state index contributed by atoms with van der Waals surface area (Å²) >= 11 is 0. The third-order valence-electron chi connectivity index (χ3n) is 7.80. The largest absolute Gasteiger partial charge is 0.335 e. The molecular formula is C25H29F2N3O5S2. The van der Waals surface area contributed by atoms with Crippen LogP contribution in [0.15, 0.2) is 53.4 Å². The lowest BCUT2D eigenvalue weighted by Crippen LogP contribution is -2.53. The number of urea groups is 1. The number of fused-ring (bicyclic) bond motifs is 2. The molecule has 0 aromatic heterocycles. The molecule has 0 aliphatic carbocycles. The van der Waals surface area contributed by atoms with Crippen molar-refractivity contribution in [2.45, 2.75) is 48.5 Å². The van der Waals surface area contributed by atoms with Gasteiger partial charge in [-0.05, 0) is 49.4 Å². The van der Waals surface area contributed by atoms with Gasteiger partial charge in [0.15, 0.2) is 0 Å². The molecular weight excluding hydrogens is 524 g/mol. The molecule has 37 heavy (non-hydrogen) atoms. The Morgan fingerprint density at radius 1 is 1.00 bits per heavy atom. The Labute approximate surface area is 215 Å². The molecule has 12 heteroatoms. The van der Waals surface area contributed by atoms with Gasteiger partial charge in [-0.25, -0.2) is 30.4 Å². The molecule has 2 aromatic carbocycles. The highest BCUT2D eigenvalue weighted by Gasteiger charge is 2.48. The van der Waals surface area contributed by atoms with Crippen LogP contribution < -0.4 is 9.62 Å². The average Bonchev–Trinajstić information content (AvgIpc) is 3.20. The van der Waals surface area contributed by atoms with Crippen LogP contribution in [0.4, 0.5) is 19.3 Å². The lowest BCUT2D eigenvalue weighted by atomic mass is 9.74. The van der Waals surface area contributed by atoms with Crippen LogP contribution in [0.5, 0.6) is 0 Å². The van der Waals surface area contributed by atoms with Gasteiger partial charge < -0.3 is 10.2 Å². The van der Waals surface area contributed by atoms with Crippen molar-refractivity contribution in [2.24, 2.45) is 0 Å². The minimum Gasteiger partial charge on any atom is -0.335 e. The van der Waals surface area contributed by atoms with Gasteiger partial charge in [0, 0.05) is 36.7 Å². The molecule has 0 atom stereocenters. The van der Waals surface area contributed by atoms with E-state index >= 15 is 0 Å². The first-order valence-corrected chi connectivity index (χ1v) is 15.5. The predicted molar refractivity (Wildman–Crippen MR) is 135 cm³/mol. The SMILES string of the molecule is O=C(NC1CCS(=O)(=O)CC1)N1CCC2(CC1)CN(S(=O)(=O)c1ccc(C(F)F)cc1)c1ccccc12. The van der Waals surface area contributed by atoms with Crippen molar-refractivity contribution >= 4 is 31.6 Å². The van der Waals surface area contributed by atoms with Gasteiger partial charge in [0.1, 0.15) is 9.84 Å². The molecule has 3 heterocycles. The van der Waals surface area contributed by atoms with Crippen LogP contribution in [0.25, 0.3) is 0 Å². The molecule has 2 fully saturated rings. The van der Waals surface area contributed by atoms with Gasteiger partial charge in [0.2, 0.25) is 0 Å². The quantitative estimate of drug-likeness (QED) is 0.625. The summed E-state index contributed by atoms with van der Waals surface area (Å²) < 4.78 is 77.7. The number of para-hydroxylation sites is 1. The number of benzene rings is 2. The van der Waals surface area contributed by atoms with Crippen LogP contribution in [0.1, 0.15) is 43.2 Å². The van der Waals surface area contributed by atoms with E-state index in [2.05, 4.69) is 5.32 Å². The zero-order valence-electron chi connectivity index (χ0n) is 20.1. The van der Waals surface area contributed by atoms with Gasteiger partial charge in [0.25, 0.3) is 16.4 Å². The number of rotatable bonds is 4. The van der Waals surface area contributed by atoms with Crippen molar-refractivity contribution < 1.29 is 30.4 Å². The number of halogens is 2. The molecule has 2 saturated heterocycles. The predicted octanol–water partition coefficient (Wildman–Crippen LogP) is 3.45. The van der Waals surface area contributed by atoms with Gasteiger partial charge in [-0.2, -0.15) is 0 Å². The summed E-state index contributed by atoms with van der Waals surface area (Å²) in [6.07, 6.45) is -0.741. The van der Waals surface area contributed by atoms with Gasteiger partial charge in [0.05, 0.1) is 22.1 Å². The Balaban J connectivity index is 1.31. The molecule has 8 nitrogen and oxygen atoms in total. The molecule has 5 rings (SSSR count). The van der Waals surface area contributed by atoms with E-state index < -0.39 is 31.7 Å². The van der Waals surface area contributed by atoms with Crippen LogP contribution in [-0.4, -0.2) is 64.9 Å². The number of nitrogens with one attached hydrogen (secondary N) is 1. The number of alkyl halides is 2. The fraction of sp³-hybridized carbons (Fsp3) is 0.480. The second-order valence-electron chi connectivity index (χ2n) is 10.0. The monoisotopic (exact) mass is 553 g/mol. The number of hydrogen-bond acceptors (Lipinski definition) is 5. The maximum atomic E-state index is 13.6. The number of nitrogens with zero attached hydrogens (tertiary/aromatic N) is 2. The summed E-state index contributed by atoms with van der Waals surface area (Å²) in [4.78, 5) is 14.5. The van der Waals surface area contributed by atoms with E-state index in [0.717, 1.165) is 17.7 Å². The lowest BCUT2D eigenvalue weighted by molar-refractivity contribution is 0.151. The first kappa shape index (κ1) is 25.9. The molecule has 1 N–H and O–H groups in total. The Morgan fingerprint density at radius 3 is 2.24 bits per heavy atom. The number of carbonyl (C=O) groups is 1. The zero-order chi connectivity index (χ0) is 26.4. The second kappa shape index (κ2) is 9.54. The van der Waals surface area contributed by atoms with Crippen molar-refractivity contribution in [1.82, 2.24) is 10.2 Å². The van der Waals surface area contributed by atoms with E-state index in [1.165, 1.54) is 16.4 Å². The molecule has 200 valence electrons. The highest BCUT2D eigenvalue weighted by molar-refractivity contribution is 7.93. The molecule has 2 amide bonds. The van der Waals surface area contributed by atoms with Crippen LogP contribution in [-0.2, 0) is 25.3 Å². The Morgan fingerprint density at radius 2 is 1.62 bits per heavy atom. The number of sulfone groups is 1. The molecule has 0 bridgehead atoms. The summed E-state index contributed by atoms with van der Waals surface area (Å²) in [5.41, 5.74) is 0.766. The van der Waals surface area contributed by atoms with Crippen molar-refractivity contribution in [3.8, 4) is 0 Å².